The zero-order valence-electron chi connectivity index (χ0n) is 10.7. The number of H-pyrrole nitrogens is 1. The summed E-state index contributed by atoms with van der Waals surface area (Å²) < 4.78 is 17.4. The molecule has 2 heterocycles. The van der Waals surface area contributed by atoms with Gasteiger partial charge in [0.2, 0.25) is 5.95 Å². The number of fused-ring (bicyclic) bond motifs is 1. The molecule has 0 aliphatic carbocycles. The van der Waals surface area contributed by atoms with Crippen LogP contribution in [0.25, 0.3) is 11.2 Å². The van der Waals surface area contributed by atoms with Crippen molar-refractivity contribution in [2.75, 3.05) is 18.5 Å². The van der Waals surface area contributed by atoms with E-state index in [1.54, 1.807) is 0 Å². The highest BCUT2D eigenvalue weighted by Gasteiger charge is 2.22. The van der Waals surface area contributed by atoms with E-state index in [0.29, 0.717) is 0 Å². The number of aliphatic hydroxyl groups is 1. The summed E-state index contributed by atoms with van der Waals surface area (Å²) >= 11 is 0. The van der Waals surface area contributed by atoms with E-state index in [0.717, 1.165) is 0 Å². The van der Waals surface area contributed by atoms with Gasteiger partial charge >= 0.3 is 7.60 Å². The maximum atomic E-state index is 11.6. The second-order valence-corrected chi connectivity index (χ2v) is 5.98. The first kappa shape index (κ1) is 15.6. The fourth-order valence-electron chi connectivity index (χ4n) is 1.68. The zero-order valence-corrected chi connectivity index (χ0v) is 11.6. The van der Waals surface area contributed by atoms with Crippen molar-refractivity contribution < 1.29 is 24.2 Å². The van der Waals surface area contributed by atoms with Gasteiger partial charge in [0.25, 0.3) is 5.56 Å². The third kappa shape index (κ3) is 3.86. The molecule has 2 aromatic heterocycles. The first-order valence-electron chi connectivity index (χ1n) is 5.78. The number of aliphatic hydroxyl groups excluding tert-OH is 1. The highest BCUT2D eigenvalue weighted by atomic mass is 31.2. The predicted octanol–water partition coefficient (Wildman–Crippen LogP) is -1.79. The van der Waals surface area contributed by atoms with Crippen molar-refractivity contribution in [3.63, 3.8) is 0 Å². The number of hydrogen-bond donors (Lipinski definition) is 5. The van der Waals surface area contributed by atoms with Gasteiger partial charge in [-0.15, -0.1) is 0 Å². The molecule has 0 amide bonds. The highest BCUT2D eigenvalue weighted by molar-refractivity contribution is 7.51. The number of ether oxygens (including phenoxy) is 1. The molecule has 116 valence electrons. The van der Waals surface area contributed by atoms with E-state index in [1.807, 2.05) is 0 Å². The minimum Gasteiger partial charge on any atom is -0.394 e. The van der Waals surface area contributed by atoms with Crippen LogP contribution in [-0.2, 0) is 16.0 Å². The normalized spacial score (nSPS) is 13.7. The van der Waals surface area contributed by atoms with E-state index < -0.39 is 32.0 Å². The smallest absolute Gasteiger partial charge is 0.328 e. The van der Waals surface area contributed by atoms with Gasteiger partial charge in [-0.1, -0.05) is 0 Å². The zero-order chi connectivity index (χ0) is 15.6. The topological polar surface area (TPSA) is 177 Å². The van der Waals surface area contributed by atoms with Gasteiger partial charge in [-0.2, -0.15) is 4.98 Å². The Balaban J connectivity index is 2.17. The fourth-order valence-corrected chi connectivity index (χ4v) is 2.43. The van der Waals surface area contributed by atoms with Crippen LogP contribution >= 0.6 is 7.60 Å². The minimum absolute atomic E-state index is 0.0586. The molecule has 0 saturated heterocycles. The van der Waals surface area contributed by atoms with Crippen molar-refractivity contribution in [2.45, 2.75) is 12.8 Å². The summed E-state index contributed by atoms with van der Waals surface area (Å²) in [6, 6.07) is 0. The van der Waals surface area contributed by atoms with Gasteiger partial charge in [0.05, 0.1) is 25.2 Å². The number of nitrogens with one attached hydrogen (secondary N) is 1. The molecule has 0 bridgehead atoms. The summed E-state index contributed by atoms with van der Waals surface area (Å²) in [6.45, 7) is -0.758. The van der Waals surface area contributed by atoms with Crippen LogP contribution in [0.5, 0.6) is 0 Å². The average Bonchev–Trinajstić information content (AvgIpc) is 2.76. The van der Waals surface area contributed by atoms with Crippen LogP contribution in [-0.4, -0.2) is 53.3 Å². The number of nitrogens with two attached hydrogens (primary N) is 1. The fraction of sp³-hybridized carbons (Fsp3) is 0.444. The monoisotopic (exact) mass is 319 g/mol. The second kappa shape index (κ2) is 5.92. The van der Waals surface area contributed by atoms with Gasteiger partial charge in [-0.05, 0) is 0 Å². The van der Waals surface area contributed by atoms with E-state index in [-0.39, 0.29) is 23.8 Å². The molecule has 12 heteroatoms. The van der Waals surface area contributed by atoms with Gasteiger partial charge in [-0.3, -0.25) is 18.9 Å². The Labute approximate surface area is 117 Å². The minimum atomic E-state index is -4.31. The Morgan fingerprint density at radius 3 is 2.86 bits per heavy atom. The molecule has 0 aliphatic heterocycles. The number of hydrogen-bond acceptors (Lipinski definition) is 7. The lowest BCUT2D eigenvalue weighted by Gasteiger charge is -2.16. The van der Waals surface area contributed by atoms with E-state index in [1.165, 1.54) is 10.9 Å². The molecule has 0 aromatic carbocycles. The standard InChI is InChI=1S/C9H14N5O6P/c10-9-12-7-6(8(16)13-9)11-3-14(7)4-20-5(1-15)2-21(17,18)19/h3,5,15H,1-2,4H2,(H2,17,18,19)(H3,10,12,13,16)/t5-/m1/s1. The van der Waals surface area contributed by atoms with Crippen molar-refractivity contribution in [1.82, 2.24) is 19.5 Å². The van der Waals surface area contributed by atoms with Crippen molar-refractivity contribution >= 4 is 24.7 Å². The highest BCUT2D eigenvalue weighted by Crippen LogP contribution is 2.35. The molecule has 0 unspecified atom stereocenters. The summed E-state index contributed by atoms with van der Waals surface area (Å²) in [5, 5.41) is 9.04. The van der Waals surface area contributed by atoms with Crippen LogP contribution in [0.15, 0.2) is 11.1 Å². The molecule has 1 atom stereocenters. The SMILES string of the molecule is Nc1nc2c(ncn2CO[C@H](CO)CP(=O)(O)O)c(=O)[nH]1. The molecule has 0 spiro atoms. The summed E-state index contributed by atoms with van der Waals surface area (Å²) in [5.74, 6) is -0.0943. The number of aromatic nitrogens is 4. The molecule has 2 aromatic rings. The van der Waals surface area contributed by atoms with Gasteiger partial charge in [0.1, 0.15) is 6.73 Å². The molecule has 11 nitrogen and oxygen atoms in total. The molecule has 6 N–H and O–H groups in total. The number of anilines is 1. The van der Waals surface area contributed by atoms with E-state index in [4.69, 9.17) is 25.4 Å². The van der Waals surface area contributed by atoms with E-state index in [9.17, 15) is 9.36 Å². The van der Waals surface area contributed by atoms with Crippen LogP contribution in [0.2, 0.25) is 0 Å². The summed E-state index contributed by atoms with van der Waals surface area (Å²) in [5.41, 5.74) is 5.15. The van der Waals surface area contributed by atoms with Crippen molar-refractivity contribution in [3.8, 4) is 0 Å². The van der Waals surface area contributed by atoms with Crippen LogP contribution < -0.4 is 11.3 Å². The van der Waals surface area contributed by atoms with Gasteiger partial charge in [0.15, 0.2) is 11.2 Å². The number of imidazole rings is 1. The van der Waals surface area contributed by atoms with Gasteiger partial charge in [-0.25, -0.2) is 4.98 Å². The Kier molecular flexibility index (Phi) is 4.40. The lowest BCUT2D eigenvalue weighted by Crippen LogP contribution is -2.23. The molecule has 21 heavy (non-hydrogen) atoms. The number of aromatic amines is 1. The Bertz CT molecular complexity index is 736. The van der Waals surface area contributed by atoms with E-state index >= 15 is 0 Å². The lowest BCUT2D eigenvalue weighted by atomic mass is 10.4. The van der Waals surface area contributed by atoms with Gasteiger partial charge in [0, 0.05) is 0 Å². The average molecular weight is 319 g/mol. The summed E-state index contributed by atoms with van der Waals surface area (Å²) in [7, 11) is -4.31. The maximum absolute atomic E-state index is 11.6. The van der Waals surface area contributed by atoms with Crippen molar-refractivity contribution in [1.29, 1.82) is 0 Å². The lowest BCUT2D eigenvalue weighted by molar-refractivity contribution is -0.0117. The second-order valence-electron chi connectivity index (χ2n) is 4.29. The van der Waals surface area contributed by atoms with Crippen LogP contribution in [0.4, 0.5) is 5.95 Å². The molecule has 0 fully saturated rings. The first-order valence-corrected chi connectivity index (χ1v) is 7.57. The summed E-state index contributed by atoms with van der Waals surface area (Å²) in [6.07, 6.45) is -0.396. The van der Waals surface area contributed by atoms with Crippen LogP contribution in [0.3, 0.4) is 0 Å². The number of nitrogens with zero attached hydrogens (tertiary/aromatic N) is 3. The maximum Gasteiger partial charge on any atom is 0.328 e. The third-order valence-corrected chi connectivity index (χ3v) is 3.47. The Morgan fingerprint density at radius 2 is 2.24 bits per heavy atom. The molecule has 0 saturated carbocycles. The van der Waals surface area contributed by atoms with Crippen LogP contribution in [0, 0.1) is 0 Å². The molecular weight excluding hydrogens is 305 g/mol. The van der Waals surface area contributed by atoms with E-state index in [2.05, 4.69) is 15.0 Å². The summed E-state index contributed by atoms with van der Waals surface area (Å²) in [4.78, 5) is 39.3. The van der Waals surface area contributed by atoms with Crippen molar-refractivity contribution in [3.05, 3.63) is 16.7 Å². The Hall–Kier alpha value is -1.78. The molecule has 0 radical (unpaired) electrons. The molecule has 0 aliphatic rings. The number of nitrogen functional groups attached to an aromatic ring is 1. The quantitative estimate of drug-likeness (QED) is 0.385. The molecule has 2 rings (SSSR count). The van der Waals surface area contributed by atoms with Crippen molar-refractivity contribution in [2.24, 2.45) is 0 Å². The molecular formula is C9H14N5O6P. The first-order chi connectivity index (χ1) is 9.80. The largest absolute Gasteiger partial charge is 0.394 e. The van der Waals surface area contributed by atoms with Gasteiger partial charge < -0.3 is 25.4 Å². The predicted molar refractivity (Wildman–Crippen MR) is 71.4 cm³/mol. The Morgan fingerprint density at radius 1 is 1.52 bits per heavy atom. The number of rotatable bonds is 6. The van der Waals surface area contributed by atoms with Crippen LogP contribution in [0.1, 0.15) is 0 Å². The third-order valence-electron chi connectivity index (χ3n) is 2.59.